The van der Waals surface area contributed by atoms with Gasteiger partial charge in [-0.2, -0.15) is 0 Å². The van der Waals surface area contributed by atoms with Gasteiger partial charge < -0.3 is 5.32 Å². The van der Waals surface area contributed by atoms with Crippen LogP contribution in [-0.4, -0.2) is 11.7 Å². The number of anilines is 1. The molecule has 1 amide bonds. The minimum atomic E-state index is -0.676. The minimum Gasteiger partial charge on any atom is -0.325 e. The smallest absolute Gasteiger partial charge is 0.235 e. The molecule has 2 rings (SSSR count). The molecule has 0 aliphatic heterocycles. The fourth-order valence-electron chi connectivity index (χ4n) is 5.65. The number of unbranched alkanes of at least 4 members (excludes halogenated alkanes) is 11. The van der Waals surface area contributed by atoms with Gasteiger partial charge in [-0.05, 0) is 67.1 Å². The van der Waals surface area contributed by atoms with Crippen LogP contribution in [0.3, 0.4) is 0 Å². The predicted octanol–water partition coefficient (Wildman–Crippen LogP) is 11.3. The molecule has 0 aromatic heterocycles. The monoisotopic (exact) mass is 573 g/mol. The Kier molecular flexibility index (Phi) is 17.8. The van der Waals surface area contributed by atoms with Crippen molar-refractivity contribution in [1.29, 1.82) is 0 Å². The molecular weight excluding hydrogens is 514 g/mol. The molecule has 0 radical (unpaired) electrons. The minimum absolute atomic E-state index is 0.0575. The number of para-hydroxylation sites is 1. The predicted molar refractivity (Wildman–Crippen MR) is 181 cm³/mol. The van der Waals surface area contributed by atoms with Crippen molar-refractivity contribution in [3.05, 3.63) is 77.4 Å². The summed E-state index contributed by atoms with van der Waals surface area (Å²) >= 11 is 0. The van der Waals surface area contributed by atoms with Gasteiger partial charge in [0.05, 0.1) is 0 Å². The van der Waals surface area contributed by atoms with E-state index in [9.17, 15) is 9.59 Å². The first kappa shape index (κ1) is 35.5. The van der Waals surface area contributed by atoms with Crippen molar-refractivity contribution in [2.45, 2.75) is 143 Å². The van der Waals surface area contributed by atoms with Crippen molar-refractivity contribution in [2.24, 2.45) is 5.92 Å². The second-order valence-corrected chi connectivity index (χ2v) is 12.7. The molecule has 0 spiro atoms. The highest BCUT2D eigenvalue weighted by Crippen LogP contribution is 2.33. The van der Waals surface area contributed by atoms with Gasteiger partial charge in [0.15, 0.2) is 0 Å². The summed E-state index contributed by atoms with van der Waals surface area (Å²) < 4.78 is 0. The summed E-state index contributed by atoms with van der Waals surface area (Å²) in [5.41, 5.74) is 4.16. The third-order valence-corrected chi connectivity index (χ3v) is 8.29. The maximum absolute atomic E-state index is 13.7. The molecule has 0 saturated carbocycles. The lowest BCUT2D eigenvalue weighted by molar-refractivity contribution is -0.131. The Morgan fingerprint density at radius 3 is 1.74 bits per heavy atom. The number of amides is 1. The van der Waals surface area contributed by atoms with Gasteiger partial charge in [-0.25, -0.2) is 0 Å². The van der Waals surface area contributed by atoms with E-state index in [0.29, 0.717) is 12.8 Å². The molecule has 2 aromatic carbocycles. The molecule has 0 saturated heterocycles. The van der Waals surface area contributed by atoms with E-state index in [-0.39, 0.29) is 23.5 Å². The number of benzene rings is 2. The summed E-state index contributed by atoms with van der Waals surface area (Å²) in [5.74, 6) is -0.241. The highest BCUT2D eigenvalue weighted by molar-refractivity contribution is 6.08. The van der Waals surface area contributed by atoms with Crippen LogP contribution in [0.25, 0.3) is 0 Å². The largest absolute Gasteiger partial charge is 0.325 e. The van der Waals surface area contributed by atoms with Gasteiger partial charge in [-0.1, -0.05) is 147 Å². The van der Waals surface area contributed by atoms with Crippen LogP contribution < -0.4 is 5.32 Å². The first-order valence-electron chi connectivity index (χ1n) is 17.0. The van der Waals surface area contributed by atoms with Crippen LogP contribution in [0.5, 0.6) is 0 Å². The molecule has 0 aliphatic carbocycles. The van der Waals surface area contributed by atoms with E-state index < -0.39 is 5.92 Å². The quantitative estimate of drug-likeness (QED) is 0.0865. The summed E-state index contributed by atoms with van der Waals surface area (Å²) in [4.78, 5) is 27.2. The van der Waals surface area contributed by atoms with E-state index in [1.165, 1.54) is 57.8 Å². The van der Waals surface area contributed by atoms with Gasteiger partial charge in [0, 0.05) is 12.1 Å². The number of nitrogens with one attached hydrogen (secondary N) is 1. The molecule has 0 bridgehead atoms. The van der Waals surface area contributed by atoms with Gasteiger partial charge in [-0.15, -0.1) is 0 Å². The maximum atomic E-state index is 13.7. The molecule has 232 valence electrons. The second-order valence-electron chi connectivity index (χ2n) is 12.7. The summed E-state index contributed by atoms with van der Waals surface area (Å²) in [7, 11) is 0. The van der Waals surface area contributed by atoms with Crippen molar-refractivity contribution in [3.63, 3.8) is 0 Å². The van der Waals surface area contributed by atoms with Gasteiger partial charge >= 0.3 is 0 Å². The lowest BCUT2D eigenvalue weighted by Crippen LogP contribution is -2.32. The summed E-state index contributed by atoms with van der Waals surface area (Å²) in [6.07, 6.45) is 21.6. The number of allylic oxidation sites excluding steroid dienone is 2. The van der Waals surface area contributed by atoms with Crippen molar-refractivity contribution in [1.82, 2.24) is 0 Å². The third-order valence-electron chi connectivity index (χ3n) is 8.29. The number of hydrogen-bond donors (Lipinski definition) is 1. The highest BCUT2D eigenvalue weighted by atomic mass is 16.2. The number of carbonyl (C=O) groups is 2. The summed E-state index contributed by atoms with van der Waals surface area (Å²) in [6.45, 7) is 10.9. The number of hydrogen-bond acceptors (Lipinski definition) is 2. The Hall–Kier alpha value is -2.68. The van der Waals surface area contributed by atoms with Crippen LogP contribution in [0.15, 0.2) is 60.7 Å². The Bertz CT molecular complexity index is 1030. The van der Waals surface area contributed by atoms with Crippen LogP contribution in [0.1, 0.15) is 153 Å². The highest BCUT2D eigenvalue weighted by Gasteiger charge is 2.28. The third kappa shape index (κ3) is 13.5. The average Bonchev–Trinajstić information content (AvgIpc) is 2.98. The molecule has 0 aliphatic rings. The van der Waals surface area contributed by atoms with Crippen LogP contribution >= 0.6 is 0 Å². The zero-order chi connectivity index (χ0) is 30.6. The van der Waals surface area contributed by atoms with Crippen molar-refractivity contribution < 1.29 is 9.59 Å². The van der Waals surface area contributed by atoms with Gasteiger partial charge in [0.25, 0.3) is 0 Å². The molecule has 0 fully saturated rings. The molecule has 3 nitrogen and oxygen atoms in total. The second kappa shape index (κ2) is 21.1. The van der Waals surface area contributed by atoms with Crippen LogP contribution in [0.4, 0.5) is 5.69 Å². The maximum Gasteiger partial charge on any atom is 0.235 e. The van der Waals surface area contributed by atoms with Gasteiger partial charge in [0.1, 0.15) is 11.7 Å². The van der Waals surface area contributed by atoms with Crippen LogP contribution in [0.2, 0.25) is 0 Å². The van der Waals surface area contributed by atoms with E-state index in [4.69, 9.17) is 0 Å². The fourth-order valence-corrected chi connectivity index (χ4v) is 5.65. The Morgan fingerprint density at radius 1 is 0.667 bits per heavy atom. The molecule has 1 N–H and O–H groups in total. The molecule has 42 heavy (non-hydrogen) atoms. The van der Waals surface area contributed by atoms with Crippen molar-refractivity contribution in [3.8, 4) is 0 Å². The normalized spacial score (nSPS) is 12.4. The van der Waals surface area contributed by atoms with Crippen molar-refractivity contribution >= 4 is 17.4 Å². The molecule has 1 atom stereocenters. The number of rotatable bonds is 22. The average molecular weight is 574 g/mol. The Labute approximate surface area is 258 Å². The van der Waals surface area contributed by atoms with E-state index in [2.05, 4.69) is 70.3 Å². The SMILES string of the molecule is CCCCCCCC/C=C/CCCCCCCC(=O)C(Cc1ccccc1)C(=O)Nc1c(C(C)C)cccc1C(C)C. The lowest BCUT2D eigenvalue weighted by atomic mass is 9.89. The Morgan fingerprint density at radius 2 is 1.19 bits per heavy atom. The van der Waals surface area contributed by atoms with Gasteiger partial charge in [-0.3, -0.25) is 9.59 Å². The van der Waals surface area contributed by atoms with E-state index in [1.54, 1.807) is 0 Å². The number of Topliss-reactive ketones (excluding diaryl/α,β-unsaturated/α-hetero) is 1. The van der Waals surface area contributed by atoms with Crippen LogP contribution in [0, 0.1) is 5.92 Å². The number of ketones is 1. The molecular formula is C39H59NO2. The summed E-state index contributed by atoms with van der Waals surface area (Å²) in [6, 6.07) is 16.2. The van der Waals surface area contributed by atoms with E-state index in [0.717, 1.165) is 48.1 Å². The van der Waals surface area contributed by atoms with Crippen molar-refractivity contribution in [2.75, 3.05) is 5.32 Å². The Balaban J connectivity index is 1.85. The fraction of sp³-hybridized carbons (Fsp3) is 0.590. The van der Waals surface area contributed by atoms with E-state index in [1.807, 2.05) is 30.3 Å². The molecule has 3 heteroatoms. The van der Waals surface area contributed by atoms with Gasteiger partial charge in [0.2, 0.25) is 5.91 Å². The zero-order valence-electron chi connectivity index (χ0n) is 27.4. The molecule has 2 aromatic rings. The molecule has 1 unspecified atom stereocenters. The summed E-state index contributed by atoms with van der Waals surface area (Å²) in [5, 5.41) is 3.23. The lowest BCUT2D eigenvalue weighted by Gasteiger charge is -2.23. The topological polar surface area (TPSA) is 46.2 Å². The zero-order valence-corrected chi connectivity index (χ0v) is 27.4. The first-order chi connectivity index (χ1) is 20.3. The van der Waals surface area contributed by atoms with E-state index >= 15 is 0 Å². The first-order valence-corrected chi connectivity index (χ1v) is 17.0. The van der Waals surface area contributed by atoms with Crippen LogP contribution in [-0.2, 0) is 16.0 Å². The molecule has 0 heterocycles. The number of carbonyl (C=O) groups excluding carboxylic acids is 2. The standard InChI is InChI=1S/C39H59NO2/c1-6-7-8-9-10-11-12-13-14-15-16-17-18-19-23-29-37(41)36(30-33-25-21-20-22-26-33)39(42)40-38-34(31(2)3)27-24-28-35(38)32(4)5/h13-14,20-22,24-28,31-32,36H,6-12,15-19,23,29-30H2,1-5H3,(H,40,42)/b14-13+.